The van der Waals surface area contributed by atoms with E-state index in [2.05, 4.69) is 39.2 Å². The van der Waals surface area contributed by atoms with Gasteiger partial charge in [0.05, 0.1) is 11.2 Å². The van der Waals surface area contributed by atoms with Gasteiger partial charge in [-0.25, -0.2) is 0 Å². The number of halogens is 1. The van der Waals surface area contributed by atoms with Crippen LogP contribution in [0.15, 0.2) is 34.9 Å². The highest BCUT2D eigenvalue weighted by molar-refractivity contribution is 9.10. The maximum absolute atomic E-state index is 5.92. The Morgan fingerprint density at radius 2 is 2.25 bits per heavy atom. The van der Waals surface area contributed by atoms with Crippen LogP contribution in [0.4, 0.5) is 5.69 Å². The molecule has 2 aromatic rings. The fraction of sp³-hybridized carbons (Fsp3) is 0.400. The van der Waals surface area contributed by atoms with Gasteiger partial charge in [-0.1, -0.05) is 12.1 Å². The molecule has 0 amide bonds. The van der Waals surface area contributed by atoms with Crippen LogP contribution in [-0.2, 0) is 4.74 Å². The van der Waals surface area contributed by atoms with Crippen LogP contribution in [0.1, 0.15) is 13.3 Å². The monoisotopic (exact) mass is 337 g/mol. The molecule has 0 fully saturated rings. The summed E-state index contributed by atoms with van der Waals surface area (Å²) in [7, 11) is 1.70. The number of methoxy groups -OCH3 is 1. The zero-order chi connectivity index (χ0) is 14.6. The molecular formula is C15H20BrN3O. The van der Waals surface area contributed by atoms with Crippen LogP contribution in [0.25, 0.3) is 10.9 Å². The summed E-state index contributed by atoms with van der Waals surface area (Å²) in [5.41, 5.74) is 7.66. The average Bonchev–Trinajstić information content (AvgIpc) is 2.45. The van der Waals surface area contributed by atoms with Crippen molar-refractivity contribution in [2.45, 2.75) is 18.9 Å². The number of anilines is 1. The van der Waals surface area contributed by atoms with Gasteiger partial charge in [0.1, 0.15) is 0 Å². The molecule has 0 bridgehead atoms. The van der Waals surface area contributed by atoms with Crippen LogP contribution in [0.3, 0.4) is 0 Å². The van der Waals surface area contributed by atoms with Crippen molar-refractivity contribution in [1.82, 2.24) is 4.98 Å². The number of nitrogens with zero attached hydrogens (tertiary/aromatic N) is 1. The molecule has 0 aliphatic rings. The van der Waals surface area contributed by atoms with Gasteiger partial charge in [-0.05, 0) is 41.4 Å². The van der Waals surface area contributed by atoms with Gasteiger partial charge in [-0.2, -0.15) is 0 Å². The van der Waals surface area contributed by atoms with E-state index < -0.39 is 0 Å². The summed E-state index contributed by atoms with van der Waals surface area (Å²) in [4.78, 5) is 4.50. The SMILES string of the molecule is COCCC(C)(CN)Nc1cccc2cc(Br)cnc12. The molecule has 0 spiro atoms. The summed E-state index contributed by atoms with van der Waals surface area (Å²) in [6.07, 6.45) is 2.65. The highest BCUT2D eigenvalue weighted by atomic mass is 79.9. The number of nitrogens with one attached hydrogen (secondary N) is 1. The number of fused-ring (bicyclic) bond motifs is 1. The standard InChI is InChI=1S/C15H20BrN3O/c1-15(10-17,6-7-20-2)19-13-5-3-4-11-8-12(16)9-18-14(11)13/h3-5,8-9,19H,6-7,10,17H2,1-2H3. The first-order valence-electron chi connectivity index (χ1n) is 6.59. The number of aromatic nitrogens is 1. The van der Waals surface area contributed by atoms with Gasteiger partial charge in [0.2, 0.25) is 0 Å². The predicted octanol–water partition coefficient (Wildman–Crippen LogP) is 3.16. The summed E-state index contributed by atoms with van der Waals surface area (Å²) in [5, 5.41) is 4.61. The first kappa shape index (κ1) is 15.2. The van der Waals surface area contributed by atoms with Crippen molar-refractivity contribution in [2.24, 2.45) is 5.73 Å². The molecule has 0 aliphatic heterocycles. The van der Waals surface area contributed by atoms with Gasteiger partial charge < -0.3 is 15.8 Å². The highest BCUT2D eigenvalue weighted by Crippen LogP contribution is 2.27. The molecule has 0 radical (unpaired) electrons. The number of ether oxygens (including phenoxy) is 1. The van der Waals surface area contributed by atoms with E-state index in [1.165, 1.54) is 0 Å². The third-order valence-corrected chi connectivity index (χ3v) is 3.86. The molecule has 0 aliphatic carbocycles. The normalized spacial score (nSPS) is 14.2. The van der Waals surface area contributed by atoms with E-state index in [1.54, 1.807) is 7.11 Å². The molecule has 1 heterocycles. The van der Waals surface area contributed by atoms with Crippen molar-refractivity contribution in [3.8, 4) is 0 Å². The lowest BCUT2D eigenvalue weighted by Crippen LogP contribution is -2.43. The summed E-state index contributed by atoms with van der Waals surface area (Å²) in [5.74, 6) is 0. The van der Waals surface area contributed by atoms with Crippen LogP contribution >= 0.6 is 15.9 Å². The van der Waals surface area contributed by atoms with E-state index in [0.717, 1.165) is 27.5 Å². The molecule has 1 atom stereocenters. The third-order valence-electron chi connectivity index (χ3n) is 3.42. The second-order valence-corrected chi connectivity index (χ2v) is 6.08. The van der Waals surface area contributed by atoms with Gasteiger partial charge in [-0.3, -0.25) is 4.98 Å². The highest BCUT2D eigenvalue weighted by Gasteiger charge is 2.22. The van der Waals surface area contributed by atoms with Crippen LogP contribution < -0.4 is 11.1 Å². The molecule has 1 unspecified atom stereocenters. The molecule has 1 aromatic carbocycles. The van der Waals surface area contributed by atoms with Crippen molar-refractivity contribution in [1.29, 1.82) is 0 Å². The zero-order valence-corrected chi connectivity index (χ0v) is 13.4. The van der Waals surface area contributed by atoms with Crippen molar-refractivity contribution in [2.75, 3.05) is 25.6 Å². The van der Waals surface area contributed by atoms with Crippen molar-refractivity contribution in [3.63, 3.8) is 0 Å². The lowest BCUT2D eigenvalue weighted by molar-refractivity contribution is 0.177. The maximum Gasteiger partial charge on any atom is 0.0934 e. The predicted molar refractivity (Wildman–Crippen MR) is 87.0 cm³/mol. The first-order valence-corrected chi connectivity index (χ1v) is 7.39. The second kappa shape index (κ2) is 6.52. The molecular weight excluding hydrogens is 318 g/mol. The molecule has 3 N–H and O–H groups in total. The van der Waals surface area contributed by atoms with Crippen LogP contribution in [0.5, 0.6) is 0 Å². The second-order valence-electron chi connectivity index (χ2n) is 5.16. The van der Waals surface area contributed by atoms with E-state index in [4.69, 9.17) is 10.5 Å². The summed E-state index contributed by atoms with van der Waals surface area (Å²) >= 11 is 3.45. The van der Waals surface area contributed by atoms with E-state index >= 15 is 0 Å². The third kappa shape index (κ3) is 3.48. The minimum absolute atomic E-state index is 0.209. The smallest absolute Gasteiger partial charge is 0.0934 e. The number of rotatable bonds is 6. The number of pyridine rings is 1. The lowest BCUT2D eigenvalue weighted by Gasteiger charge is -2.30. The maximum atomic E-state index is 5.92. The minimum Gasteiger partial charge on any atom is -0.385 e. The number of hydrogen-bond acceptors (Lipinski definition) is 4. The molecule has 4 nitrogen and oxygen atoms in total. The molecule has 0 saturated carbocycles. The Bertz CT molecular complexity index is 590. The quantitative estimate of drug-likeness (QED) is 0.849. The molecule has 5 heteroatoms. The zero-order valence-electron chi connectivity index (χ0n) is 11.8. The van der Waals surface area contributed by atoms with Crippen LogP contribution in [0, 0.1) is 0 Å². The fourth-order valence-corrected chi connectivity index (χ4v) is 2.45. The Kier molecular flexibility index (Phi) is 4.96. The van der Waals surface area contributed by atoms with Crippen molar-refractivity contribution >= 4 is 32.5 Å². The van der Waals surface area contributed by atoms with E-state index in [1.807, 2.05) is 24.4 Å². The Balaban J connectivity index is 2.32. The van der Waals surface area contributed by atoms with Gasteiger partial charge >= 0.3 is 0 Å². The van der Waals surface area contributed by atoms with E-state index in [9.17, 15) is 0 Å². The Morgan fingerprint density at radius 1 is 1.45 bits per heavy atom. The summed E-state index contributed by atoms with van der Waals surface area (Å²) in [6.45, 7) is 3.30. The van der Waals surface area contributed by atoms with Gasteiger partial charge in [-0.15, -0.1) is 0 Å². The van der Waals surface area contributed by atoms with Gasteiger partial charge in [0.15, 0.2) is 0 Å². The Morgan fingerprint density at radius 3 is 2.95 bits per heavy atom. The fourth-order valence-electron chi connectivity index (χ4n) is 2.10. The number of para-hydroxylation sites is 1. The lowest BCUT2D eigenvalue weighted by atomic mass is 9.97. The minimum atomic E-state index is -0.209. The number of hydrogen-bond donors (Lipinski definition) is 2. The molecule has 20 heavy (non-hydrogen) atoms. The van der Waals surface area contributed by atoms with Crippen molar-refractivity contribution in [3.05, 3.63) is 34.9 Å². The molecule has 2 rings (SSSR count). The summed E-state index contributed by atoms with van der Waals surface area (Å²) < 4.78 is 6.14. The van der Waals surface area contributed by atoms with Crippen LogP contribution in [-0.4, -0.2) is 30.8 Å². The van der Waals surface area contributed by atoms with E-state index in [0.29, 0.717) is 13.2 Å². The molecule has 0 saturated heterocycles. The Labute approximate surface area is 127 Å². The van der Waals surface area contributed by atoms with E-state index in [-0.39, 0.29) is 5.54 Å². The van der Waals surface area contributed by atoms with Gasteiger partial charge in [0, 0.05) is 41.9 Å². The number of nitrogens with two attached hydrogens (primary N) is 1. The first-order chi connectivity index (χ1) is 9.58. The summed E-state index contributed by atoms with van der Waals surface area (Å²) in [6, 6.07) is 8.16. The largest absolute Gasteiger partial charge is 0.385 e. The molecule has 108 valence electrons. The molecule has 1 aromatic heterocycles. The van der Waals surface area contributed by atoms with Gasteiger partial charge in [0.25, 0.3) is 0 Å². The Hall–Kier alpha value is -1.17. The van der Waals surface area contributed by atoms with Crippen LogP contribution in [0.2, 0.25) is 0 Å². The average molecular weight is 338 g/mol. The van der Waals surface area contributed by atoms with Crippen molar-refractivity contribution < 1.29 is 4.74 Å². The number of benzene rings is 1. The topological polar surface area (TPSA) is 60.2 Å².